The summed E-state index contributed by atoms with van der Waals surface area (Å²) in [6.45, 7) is 0. The van der Waals surface area contributed by atoms with Gasteiger partial charge in [0.25, 0.3) is 0 Å². The van der Waals surface area contributed by atoms with Crippen LogP contribution in [0.15, 0.2) is 11.6 Å². The molecule has 0 radical (unpaired) electrons. The molecular weight excluding hydrogens is 285 g/mol. The fourth-order valence-electron chi connectivity index (χ4n) is 0.524. The summed E-state index contributed by atoms with van der Waals surface area (Å²) in [4.78, 5) is 0. The van der Waals surface area contributed by atoms with Gasteiger partial charge in [0.1, 0.15) is 0 Å². The highest BCUT2D eigenvalue weighted by atomic mass is 35.6. The van der Waals surface area contributed by atoms with Crippen LogP contribution >= 0.6 is 69.6 Å². The van der Waals surface area contributed by atoms with Gasteiger partial charge in [-0.2, -0.15) is 0 Å². The van der Waals surface area contributed by atoms with Crippen molar-refractivity contribution in [3.8, 4) is 0 Å². The first-order valence-electron chi connectivity index (χ1n) is 2.98. The lowest BCUT2D eigenvalue weighted by atomic mass is 10.2. The van der Waals surface area contributed by atoms with E-state index < -0.39 is 14.5 Å². The molecule has 6 heteroatoms. The Kier molecular flexibility index (Phi) is 6.80. The quantitative estimate of drug-likeness (QED) is 0.660. The molecule has 0 aliphatic carbocycles. The molecule has 0 aromatic rings. The number of hydrogen-bond acceptors (Lipinski definition) is 0. The van der Waals surface area contributed by atoms with Gasteiger partial charge < -0.3 is 0 Å². The monoisotopic (exact) mass is 288 g/mol. The minimum Gasteiger partial charge on any atom is -0.121 e. The van der Waals surface area contributed by atoms with Crippen molar-refractivity contribution in [2.24, 2.45) is 0 Å². The van der Waals surface area contributed by atoms with Crippen molar-refractivity contribution in [1.82, 2.24) is 0 Å². The first-order valence-corrected chi connectivity index (χ1v) is 5.43. The molecule has 0 heterocycles. The average Bonchev–Trinajstić information content (AvgIpc) is 1.84. The van der Waals surface area contributed by atoms with E-state index >= 15 is 0 Å². The van der Waals surface area contributed by atoms with Crippen molar-refractivity contribution in [3.05, 3.63) is 11.6 Å². The second-order valence-electron chi connectivity index (χ2n) is 2.10. The Morgan fingerprint density at radius 1 is 1.17 bits per heavy atom. The maximum atomic E-state index is 5.80. The van der Waals surface area contributed by atoms with Gasteiger partial charge in [-0.15, -0.1) is 23.2 Å². The molecule has 0 aliphatic rings. The summed E-state index contributed by atoms with van der Waals surface area (Å²) in [5, 5.41) is -0.881. The molecule has 0 N–H and O–H groups in total. The molecule has 2 atom stereocenters. The minimum atomic E-state index is -1.38. The molecule has 72 valence electrons. The smallest absolute Gasteiger partial charge is 0.121 e. The predicted molar refractivity (Wildman–Crippen MR) is 59.2 cm³/mol. The highest BCUT2D eigenvalue weighted by Gasteiger charge is 2.27. The van der Waals surface area contributed by atoms with Gasteiger partial charge in [-0.3, -0.25) is 0 Å². The third-order valence-electron chi connectivity index (χ3n) is 1.03. The molecule has 0 amide bonds. The van der Waals surface area contributed by atoms with Crippen molar-refractivity contribution in [2.75, 3.05) is 0 Å². The van der Waals surface area contributed by atoms with Crippen LogP contribution in [0.25, 0.3) is 0 Å². The van der Waals surface area contributed by atoms with Gasteiger partial charge in [-0.1, -0.05) is 52.5 Å². The molecule has 0 aromatic carbocycles. The molecule has 0 rings (SSSR count). The van der Waals surface area contributed by atoms with E-state index in [1.54, 1.807) is 0 Å². The van der Waals surface area contributed by atoms with Crippen LogP contribution in [-0.4, -0.2) is 14.5 Å². The normalized spacial score (nSPS) is 18.2. The molecular formula is C6H6Cl6. The Morgan fingerprint density at radius 2 is 1.67 bits per heavy atom. The third-order valence-corrected chi connectivity index (χ3v) is 2.64. The van der Waals surface area contributed by atoms with Gasteiger partial charge in [-0.05, 0) is 0 Å². The van der Waals surface area contributed by atoms with Gasteiger partial charge in [-0.25, -0.2) is 0 Å². The molecule has 0 fully saturated rings. The van der Waals surface area contributed by atoms with E-state index in [9.17, 15) is 0 Å². The van der Waals surface area contributed by atoms with Crippen LogP contribution in [0, 0.1) is 0 Å². The Hall–Kier alpha value is 1.48. The first-order chi connectivity index (χ1) is 5.37. The topological polar surface area (TPSA) is 0 Å². The van der Waals surface area contributed by atoms with Crippen LogP contribution in [0.5, 0.6) is 0 Å². The molecule has 0 spiro atoms. The maximum Gasteiger partial charge on any atom is 0.192 e. The molecule has 0 bridgehead atoms. The standard InChI is InChI=1S/C6H6Cl6/c7-2-1-4(8)5(9)3-6(10,11)12/h1-2,4-5H,3H2. The Bertz CT molecular complexity index is 149. The number of hydrogen-bond donors (Lipinski definition) is 0. The number of alkyl halides is 5. The van der Waals surface area contributed by atoms with Gasteiger partial charge in [0, 0.05) is 12.0 Å². The third kappa shape index (κ3) is 6.94. The summed E-state index contributed by atoms with van der Waals surface area (Å²) < 4.78 is -1.38. The fraction of sp³-hybridized carbons (Fsp3) is 0.667. The van der Waals surface area contributed by atoms with E-state index in [0.29, 0.717) is 0 Å². The van der Waals surface area contributed by atoms with Crippen LogP contribution in [-0.2, 0) is 0 Å². The van der Waals surface area contributed by atoms with E-state index in [4.69, 9.17) is 69.6 Å². The molecule has 0 saturated heterocycles. The van der Waals surface area contributed by atoms with E-state index in [-0.39, 0.29) is 6.42 Å². The van der Waals surface area contributed by atoms with Crippen molar-refractivity contribution >= 4 is 69.6 Å². The lowest BCUT2D eigenvalue weighted by Gasteiger charge is -2.17. The number of halogens is 6. The molecule has 2 unspecified atom stereocenters. The van der Waals surface area contributed by atoms with Crippen molar-refractivity contribution < 1.29 is 0 Å². The Labute approximate surface area is 102 Å². The highest BCUT2D eigenvalue weighted by Crippen LogP contribution is 2.34. The van der Waals surface area contributed by atoms with Crippen LogP contribution in [0.4, 0.5) is 0 Å². The molecule has 0 nitrogen and oxygen atoms in total. The zero-order chi connectivity index (χ0) is 9.78. The molecule has 0 aliphatic heterocycles. The molecule has 12 heavy (non-hydrogen) atoms. The van der Waals surface area contributed by atoms with Gasteiger partial charge in [0.15, 0.2) is 3.79 Å². The average molecular weight is 291 g/mol. The van der Waals surface area contributed by atoms with Crippen molar-refractivity contribution in [1.29, 1.82) is 0 Å². The van der Waals surface area contributed by atoms with Crippen LogP contribution in [0.2, 0.25) is 0 Å². The minimum absolute atomic E-state index is 0.175. The zero-order valence-corrected chi connectivity index (χ0v) is 10.3. The summed E-state index contributed by atoms with van der Waals surface area (Å²) in [6.07, 6.45) is 1.70. The lowest BCUT2D eigenvalue weighted by molar-refractivity contribution is 0.783. The highest BCUT2D eigenvalue weighted by molar-refractivity contribution is 6.67. The first kappa shape index (κ1) is 13.5. The molecule has 0 saturated carbocycles. The van der Waals surface area contributed by atoms with Gasteiger partial charge in [0.05, 0.1) is 10.8 Å². The van der Waals surface area contributed by atoms with Gasteiger partial charge >= 0.3 is 0 Å². The largest absolute Gasteiger partial charge is 0.192 e. The second-order valence-corrected chi connectivity index (χ2v) is 5.93. The van der Waals surface area contributed by atoms with Crippen LogP contribution < -0.4 is 0 Å². The van der Waals surface area contributed by atoms with Crippen LogP contribution in [0.3, 0.4) is 0 Å². The van der Waals surface area contributed by atoms with Crippen molar-refractivity contribution in [2.45, 2.75) is 21.0 Å². The van der Waals surface area contributed by atoms with Gasteiger partial charge in [0.2, 0.25) is 0 Å². The number of allylic oxidation sites excluding steroid dienone is 1. The fourth-order valence-corrected chi connectivity index (χ4v) is 1.97. The summed E-state index contributed by atoms with van der Waals surface area (Å²) >= 11 is 33.4. The maximum absolute atomic E-state index is 5.80. The van der Waals surface area contributed by atoms with E-state index in [0.717, 1.165) is 0 Å². The SMILES string of the molecule is ClC=CC(Cl)C(Cl)CC(Cl)(Cl)Cl. The Morgan fingerprint density at radius 3 is 2.00 bits per heavy atom. The lowest BCUT2D eigenvalue weighted by Crippen LogP contribution is -2.19. The number of rotatable bonds is 3. The van der Waals surface area contributed by atoms with E-state index in [1.807, 2.05) is 0 Å². The molecule has 0 aromatic heterocycles. The van der Waals surface area contributed by atoms with Crippen LogP contribution in [0.1, 0.15) is 6.42 Å². The summed E-state index contributed by atoms with van der Waals surface area (Å²) in [5.41, 5.74) is 1.28. The van der Waals surface area contributed by atoms with Crippen molar-refractivity contribution in [3.63, 3.8) is 0 Å². The predicted octanol–water partition coefficient (Wildman–Crippen LogP) is 4.71. The second kappa shape index (κ2) is 6.06. The van der Waals surface area contributed by atoms with E-state index in [2.05, 4.69) is 0 Å². The van der Waals surface area contributed by atoms with E-state index in [1.165, 1.54) is 11.6 Å². The summed E-state index contributed by atoms with van der Waals surface area (Å²) in [7, 11) is 0. The summed E-state index contributed by atoms with van der Waals surface area (Å²) in [5.74, 6) is 0. The zero-order valence-electron chi connectivity index (χ0n) is 5.78. The summed E-state index contributed by atoms with van der Waals surface area (Å²) in [6, 6.07) is 0. The Balaban J connectivity index is 3.95.